The van der Waals surface area contributed by atoms with E-state index in [-0.39, 0.29) is 11.5 Å². The monoisotopic (exact) mass is 317 g/mol. The Morgan fingerprint density at radius 1 is 1.09 bits per heavy atom. The highest BCUT2D eigenvalue weighted by molar-refractivity contribution is 7.14. The quantitative estimate of drug-likeness (QED) is 0.888. The average molecular weight is 317 g/mol. The van der Waals surface area contributed by atoms with E-state index in [1.165, 1.54) is 22.3 Å². The van der Waals surface area contributed by atoms with Gasteiger partial charge < -0.3 is 10.4 Å². The Hall–Kier alpha value is -2.14. The minimum Gasteiger partial charge on any atom is -0.478 e. The first-order valence-corrected chi connectivity index (χ1v) is 7.90. The van der Waals surface area contributed by atoms with Gasteiger partial charge in [0.05, 0.1) is 10.4 Å². The molecule has 0 unspecified atom stereocenters. The summed E-state index contributed by atoms with van der Waals surface area (Å²) in [6.45, 7) is 7.65. The first-order chi connectivity index (χ1) is 10.3. The van der Waals surface area contributed by atoms with Gasteiger partial charge >= 0.3 is 5.97 Å². The van der Waals surface area contributed by atoms with Gasteiger partial charge in [0.15, 0.2) is 0 Å². The van der Waals surface area contributed by atoms with Crippen molar-refractivity contribution < 1.29 is 14.7 Å². The minimum atomic E-state index is -0.992. The zero-order valence-electron chi connectivity index (χ0n) is 13.1. The van der Waals surface area contributed by atoms with Gasteiger partial charge in [0, 0.05) is 10.6 Å². The first-order valence-electron chi connectivity index (χ1n) is 7.08. The van der Waals surface area contributed by atoms with E-state index in [0.29, 0.717) is 16.1 Å². The normalized spacial score (nSPS) is 10.5. The Kier molecular flexibility index (Phi) is 4.66. The zero-order valence-corrected chi connectivity index (χ0v) is 13.9. The molecule has 0 spiro atoms. The molecular weight excluding hydrogens is 298 g/mol. The lowest BCUT2D eigenvalue weighted by atomic mass is 10.0. The molecule has 22 heavy (non-hydrogen) atoms. The molecule has 2 aromatic rings. The van der Waals surface area contributed by atoms with Crippen molar-refractivity contribution in [1.29, 1.82) is 0 Å². The number of carbonyl (C=O) groups is 2. The van der Waals surface area contributed by atoms with Crippen LogP contribution in [0.2, 0.25) is 0 Å². The van der Waals surface area contributed by atoms with Crippen molar-refractivity contribution in [3.63, 3.8) is 0 Å². The molecule has 0 saturated carbocycles. The molecule has 0 aliphatic heterocycles. The van der Waals surface area contributed by atoms with Gasteiger partial charge in [-0.15, -0.1) is 11.3 Å². The number of anilines is 1. The fourth-order valence-electron chi connectivity index (χ4n) is 2.38. The molecule has 0 aliphatic carbocycles. The summed E-state index contributed by atoms with van der Waals surface area (Å²) in [7, 11) is 0. The summed E-state index contributed by atoms with van der Waals surface area (Å²) < 4.78 is 0. The fraction of sp³-hybridized carbons (Fsp3) is 0.294. The van der Waals surface area contributed by atoms with Crippen LogP contribution in [0.15, 0.2) is 18.2 Å². The number of carboxylic acids is 1. The lowest BCUT2D eigenvalue weighted by Gasteiger charge is -2.10. The molecule has 0 fully saturated rings. The summed E-state index contributed by atoms with van der Waals surface area (Å²) in [6.07, 6.45) is 0.899. The molecule has 4 nitrogen and oxygen atoms in total. The van der Waals surface area contributed by atoms with Gasteiger partial charge in [0.1, 0.15) is 0 Å². The molecule has 0 radical (unpaired) electrons. The van der Waals surface area contributed by atoms with Gasteiger partial charge in [0.2, 0.25) is 0 Å². The molecular formula is C17H19NO3S. The number of nitrogens with one attached hydrogen (secondary N) is 1. The summed E-state index contributed by atoms with van der Waals surface area (Å²) in [6, 6.07) is 5.17. The summed E-state index contributed by atoms with van der Waals surface area (Å²) in [5, 5.41) is 12.0. The van der Waals surface area contributed by atoms with Crippen molar-refractivity contribution >= 4 is 28.9 Å². The van der Waals surface area contributed by atoms with Gasteiger partial charge in [-0.05, 0) is 56.0 Å². The Labute approximate surface area is 133 Å². The molecule has 2 N–H and O–H groups in total. The van der Waals surface area contributed by atoms with Crippen LogP contribution < -0.4 is 5.32 Å². The maximum Gasteiger partial charge on any atom is 0.336 e. The van der Waals surface area contributed by atoms with Crippen molar-refractivity contribution in [1.82, 2.24) is 0 Å². The number of carbonyl (C=O) groups excluding carboxylic acids is 1. The number of amides is 1. The van der Waals surface area contributed by atoms with Crippen LogP contribution in [0.5, 0.6) is 0 Å². The Bertz CT molecular complexity index is 747. The van der Waals surface area contributed by atoms with Crippen LogP contribution in [0.3, 0.4) is 0 Å². The minimum absolute atomic E-state index is 0.198. The standard InChI is InChI=1S/C17H19NO3S/c1-5-14-11(4)7-15(22-14)16(19)18-13-8-12(17(20)21)9(2)6-10(13)3/h6-8H,5H2,1-4H3,(H,18,19)(H,20,21). The number of benzene rings is 1. The van der Waals surface area contributed by atoms with E-state index in [2.05, 4.69) is 12.2 Å². The number of rotatable bonds is 4. The van der Waals surface area contributed by atoms with Crippen molar-refractivity contribution in [3.05, 3.63) is 50.2 Å². The summed E-state index contributed by atoms with van der Waals surface area (Å²) >= 11 is 1.48. The van der Waals surface area contributed by atoms with Gasteiger partial charge in [-0.1, -0.05) is 13.0 Å². The molecule has 5 heteroatoms. The summed E-state index contributed by atoms with van der Waals surface area (Å²) in [5.74, 6) is -1.19. The van der Waals surface area contributed by atoms with Crippen LogP contribution in [-0.2, 0) is 6.42 Å². The molecule has 0 bridgehead atoms. The fourth-order valence-corrected chi connectivity index (χ4v) is 3.39. The van der Waals surface area contributed by atoms with Crippen LogP contribution in [0.1, 0.15) is 48.5 Å². The highest BCUT2D eigenvalue weighted by Crippen LogP contribution is 2.25. The second-order valence-electron chi connectivity index (χ2n) is 5.31. The van der Waals surface area contributed by atoms with E-state index in [9.17, 15) is 14.7 Å². The third-order valence-electron chi connectivity index (χ3n) is 3.62. The summed E-state index contributed by atoms with van der Waals surface area (Å²) in [4.78, 5) is 25.4. The molecule has 1 aromatic heterocycles. The van der Waals surface area contributed by atoms with Crippen molar-refractivity contribution in [2.24, 2.45) is 0 Å². The second-order valence-corrected chi connectivity index (χ2v) is 6.45. The molecule has 1 amide bonds. The first kappa shape index (κ1) is 16.2. The van der Waals surface area contributed by atoms with E-state index in [1.807, 2.05) is 19.9 Å². The largest absolute Gasteiger partial charge is 0.478 e. The number of aryl methyl sites for hydroxylation is 4. The molecule has 2 rings (SSSR count). The van der Waals surface area contributed by atoms with E-state index in [0.717, 1.165) is 17.5 Å². The Morgan fingerprint density at radius 3 is 2.32 bits per heavy atom. The van der Waals surface area contributed by atoms with E-state index in [1.54, 1.807) is 13.0 Å². The van der Waals surface area contributed by atoms with Crippen LogP contribution in [0.25, 0.3) is 0 Å². The number of hydrogen-bond donors (Lipinski definition) is 2. The third-order valence-corrected chi connectivity index (χ3v) is 5.00. The lowest BCUT2D eigenvalue weighted by Crippen LogP contribution is -2.12. The predicted molar refractivity (Wildman–Crippen MR) is 89.3 cm³/mol. The van der Waals surface area contributed by atoms with Crippen molar-refractivity contribution in [2.75, 3.05) is 5.32 Å². The van der Waals surface area contributed by atoms with Crippen molar-refractivity contribution in [2.45, 2.75) is 34.1 Å². The number of carboxylic acid groups (broad SMARTS) is 1. The maximum atomic E-state index is 12.4. The molecule has 1 heterocycles. The topological polar surface area (TPSA) is 66.4 Å². The summed E-state index contributed by atoms with van der Waals surface area (Å²) in [5.41, 5.74) is 3.39. The highest BCUT2D eigenvalue weighted by atomic mass is 32.1. The van der Waals surface area contributed by atoms with Gasteiger partial charge in [-0.25, -0.2) is 4.79 Å². The Morgan fingerprint density at radius 2 is 1.77 bits per heavy atom. The highest BCUT2D eigenvalue weighted by Gasteiger charge is 2.15. The maximum absolute atomic E-state index is 12.4. The molecule has 116 valence electrons. The number of hydrogen-bond acceptors (Lipinski definition) is 3. The van der Waals surface area contributed by atoms with Gasteiger partial charge in [-0.3, -0.25) is 4.79 Å². The lowest BCUT2D eigenvalue weighted by molar-refractivity contribution is 0.0695. The number of aromatic carboxylic acids is 1. The molecule has 0 saturated heterocycles. The molecule has 0 atom stereocenters. The van der Waals surface area contributed by atoms with Crippen LogP contribution >= 0.6 is 11.3 Å². The van der Waals surface area contributed by atoms with E-state index in [4.69, 9.17) is 0 Å². The SMILES string of the molecule is CCc1sc(C(=O)Nc2cc(C(=O)O)c(C)cc2C)cc1C. The second kappa shape index (κ2) is 6.32. The van der Waals surface area contributed by atoms with Gasteiger partial charge in [-0.2, -0.15) is 0 Å². The van der Waals surface area contributed by atoms with Crippen LogP contribution in [0.4, 0.5) is 5.69 Å². The van der Waals surface area contributed by atoms with E-state index < -0.39 is 5.97 Å². The van der Waals surface area contributed by atoms with Crippen molar-refractivity contribution in [3.8, 4) is 0 Å². The third kappa shape index (κ3) is 3.20. The van der Waals surface area contributed by atoms with Crippen LogP contribution in [-0.4, -0.2) is 17.0 Å². The van der Waals surface area contributed by atoms with E-state index >= 15 is 0 Å². The Balaban J connectivity index is 2.31. The molecule has 1 aromatic carbocycles. The number of thiophene rings is 1. The molecule has 0 aliphatic rings. The van der Waals surface area contributed by atoms with Crippen LogP contribution in [0, 0.1) is 20.8 Å². The van der Waals surface area contributed by atoms with Gasteiger partial charge in [0.25, 0.3) is 5.91 Å². The average Bonchev–Trinajstić information content (AvgIpc) is 2.82. The predicted octanol–water partition coefficient (Wildman–Crippen LogP) is 4.19. The smallest absolute Gasteiger partial charge is 0.336 e. The zero-order chi connectivity index (χ0) is 16.4.